The quantitative estimate of drug-likeness (QED) is 0.569. The van der Waals surface area contributed by atoms with Crippen LogP contribution in [0.1, 0.15) is 12.0 Å². The fraction of sp³-hybridized carbons (Fsp3) is 0.300. The van der Waals surface area contributed by atoms with Gasteiger partial charge in [0.05, 0.1) is 0 Å². The van der Waals surface area contributed by atoms with E-state index in [0.717, 1.165) is 0 Å². The molecule has 1 atom stereocenters. The molecule has 1 aliphatic heterocycles. The predicted octanol–water partition coefficient (Wildman–Crippen LogP) is 1.90. The molecule has 0 radical (unpaired) electrons. The lowest BCUT2D eigenvalue weighted by Gasteiger charge is -2.47. The molecule has 4 heteroatoms. The number of rotatable bonds is 1. The van der Waals surface area contributed by atoms with Crippen molar-refractivity contribution in [2.24, 2.45) is 0 Å². The Kier molecular flexibility index (Phi) is 2.21. The molecule has 2 rings (SSSR count). The van der Waals surface area contributed by atoms with Crippen molar-refractivity contribution >= 4 is 17.0 Å². The molecule has 1 fully saturated rings. The minimum absolute atomic E-state index is 0.508. The second kappa shape index (κ2) is 3.26. The molecule has 1 unspecified atom stereocenters. The summed E-state index contributed by atoms with van der Waals surface area (Å²) in [5.41, 5.74) is -0.486. The highest BCUT2D eigenvalue weighted by molar-refractivity contribution is 6.63. The molecule has 74 valence electrons. The molecule has 0 spiro atoms. The summed E-state index contributed by atoms with van der Waals surface area (Å²) in [6.07, 6.45) is 0.537. The smallest absolute Gasteiger partial charge is 0.318 e. The molecule has 1 saturated heterocycles. The number of hydrogen-bond donors (Lipinski definition) is 1. The van der Waals surface area contributed by atoms with Crippen LogP contribution in [0, 0.1) is 0 Å². The highest BCUT2D eigenvalue weighted by atomic mass is 35.5. The van der Waals surface area contributed by atoms with Gasteiger partial charge in [-0.2, -0.15) is 0 Å². The molecule has 14 heavy (non-hydrogen) atoms. The first kappa shape index (κ1) is 9.49. The van der Waals surface area contributed by atoms with Crippen LogP contribution in [0.15, 0.2) is 30.3 Å². The molecule has 1 amide bonds. The van der Waals surface area contributed by atoms with Crippen molar-refractivity contribution in [3.63, 3.8) is 0 Å². The van der Waals surface area contributed by atoms with Gasteiger partial charge < -0.3 is 5.11 Å². The number of halogens is 1. The van der Waals surface area contributed by atoms with Gasteiger partial charge in [-0.05, 0) is 11.6 Å². The molecular formula is C10H10ClNO2. The van der Waals surface area contributed by atoms with Gasteiger partial charge in [-0.1, -0.05) is 30.3 Å². The Labute approximate surface area is 86.9 Å². The molecule has 1 heterocycles. The van der Waals surface area contributed by atoms with Crippen LogP contribution in [0.2, 0.25) is 0 Å². The van der Waals surface area contributed by atoms with E-state index >= 15 is 0 Å². The average Bonchev–Trinajstić information content (AvgIpc) is 2.15. The van der Waals surface area contributed by atoms with E-state index in [2.05, 4.69) is 0 Å². The van der Waals surface area contributed by atoms with Crippen molar-refractivity contribution in [2.45, 2.75) is 12.1 Å². The van der Waals surface area contributed by atoms with Crippen molar-refractivity contribution in [2.75, 3.05) is 6.54 Å². The lowest BCUT2D eigenvalue weighted by atomic mass is 9.91. The van der Waals surface area contributed by atoms with E-state index in [1.165, 1.54) is 4.90 Å². The third-order valence-corrected chi connectivity index (χ3v) is 2.78. The van der Waals surface area contributed by atoms with Gasteiger partial charge in [-0.15, -0.1) is 0 Å². The zero-order chi connectivity index (χ0) is 10.2. The van der Waals surface area contributed by atoms with Crippen molar-refractivity contribution in [3.8, 4) is 0 Å². The Morgan fingerprint density at radius 2 is 2.07 bits per heavy atom. The van der Waals surface area contributed by atoms with Gasteiger partial charge in [0.25, 0.3) is 0 Å². The lowest BCUT2D eigenvalue weighted by molar-refractivity contribution is -0.155. The number of likely N-dealkylation sites (tertiary alicyclic amines) is 1. The number of carbonyl (C=O) groups is 1. The van der Waals surface area contributed by atoms with Crippen molar-refractivity contribution in [3.05, 3.63) is 35.9 Å². The highest BCUT2D eigenvalue weighted by Crippen LogP contribution is 2.38. The average molecular weight is 212 g/mol. The van der Waals surface area contributed by atoms with Gasteiger partial charge in [0.15, 0.2) is 5.72 Å². The summed E-state index contributed by atoms with van der Waals surface area (Å²) < 4.78 is 0. The minimum Gasteiger partial charge on any atom is -0.367 e. The SMILES string of the molecule is O=C(Cl)N1CCC1(O)c1ccccc1. The van der Waals surface area contributed by atoms with Gasteiger partial charge in [0.2, 0.25) is 0 Å². The Hall–Kier alpha value is -1.06. The van der Waals surface area contributed by atoms with Crippen molar-refractivity contribution in [1.82, 2.24) is 4.90 Å². The van der Waals surface area contributed by atoms with E-state index in [0.29, 0.717) is 18.5 Å². The highest BCUT2D eigenvalue weighted by Gasteiger charge is 2.46. The van der Waals surface area contributed by atoms with Gasteiger partial charge in [0.1, 0.15) is 0 Å². The van der Waals surface area contributed by atoms with Crippen LogP contribution in [-0.4, -0.2) is 21.9 Å². The zero-order valence-corrected chi connectivity index (χ0v) is 8.24. The van der Waals surface area contributed by atoms with Gasteiger partial charge >= 0.3 is 5.37 Å². The second-order valence-electron chi connectivity index (χ2n) is 3.34. The molecule has 0 aromatic heterocycles. The number of amides is 1. The van der Waals surface area contributed by atoms with Crippen molar-refractivity contribution in [1.29, 1.82) is 0 Å². The third kappa shape index (κ3) is 1.29. The molecule has 1 aliphatic rings. The van der Waals surface area contributed by atoms with Gasteiger partial charge in [-0.25, -0.2) is 0 Å². The van der Waals surface area contributed by atoms with E-state index < -0.39 is 11.1 Å². The number of aliphatic hydroxyl groups is 1. The fourth-order valence-corrected chi connectivity index (χ4v) is 1.90. The topological polar surface area (TPSA) is 40.5 Å². The normalized spacial score (nSPS) is 25.7. The van der Waals surface area contributed by atoms with E-state index in [9.17, 15) is 9.90 Å². The predicted molar refractivity (Wildman–Crippen MR) is 52.9 cm³/mol. The Morgan fingerprint density at radius 1 is 1.43 bits per heavy atom. The van der Waals surface area contributed by atoms with Crippen LogP contribution in [0.25, 0.3) is 0 Å². The molecule has 0 aliphatic carbocycles. The summed E-state index contributed by atoms with van der Waals surface area (Å²) in [5.74, 6) is 0. The third-order valence-electron chi connectivity index (χ3n) is 2.58. The minimum atomic E-state index is -1.19. The monoisotopic (exact) mass is 211 g/mol. The van der Waals surface area contributed by atoms with E-state index in [1.54, 1.807) is 12.1 Å². The number of nitrogens with zero attached hydrogens (tertiary/aromatic N) is 1. The summed E-state index contributed by atoms with van der Waals surface area (Å²) in [5, 5.41) is 9.52. The molecule has 0 saturated carbocycles. The maximum absolute atomic E-state index is 10.9. The Morgan fingerprint density at radius 3 is 2.50 bits per heavy atom. The summed E-state index contributed by atoms with van der Waals surface area (Å²) >= 11 is 5.34. The van der Waals surface area contributed by atoms with E-state index in [4.69, 9.17) is 11.6 Å². The molecule has 1 aromatic rings. The largest absolute Gasteiger partial charge is 0.367 e. The standard InChI is InChI=1S/C10H10ClNO2/c11-9(13)12-7-6-10(12,14)8-4-2-1-3-5-8/h1-5,14H,6-7H2. The molecule has 1 N–H and O–H groups in total. The van der Waals surface area contributed by atoms with Crippen LogP contribution in [0.5, 0.6) is 0 Å². The van der Waals surface area contributed by atoms with Crippen LogP contribution < -0.4 is 0 Å². The van der Waals surface area contributed by atoms with Gasteiger partial charge in [0, 0.05) is 18.5 Å². The molecule has 0 bridgehead atoms. The first-order chi connectivity index (χ1) is 6.64. The lowest BCUT2D eigenvalue weighted by Crippen LogP contribution is -2.58. The van der Waals surface area contributed by atoms with Crippen LogP contribution in [0.3, 0.4) is 0 Å². The van der Waals surface area contributed by atoms with Gasteiger partial charge in [-0.3, -0.25) is 9.69 Å². The molecular weight excluding hydrogens is 202 g/mol. The fourth-order valence-electron chi connectivity index (χ4n) is 1.67. The van der Waals surface area contributed by atoms with Crippen LogP contribution >= 0.6 is 11.6 Å². The molecule has 1 aromatic carbocycles. The summed E-state index contributed by atoms with van der Waals surface area (Å²) in [6, 6.07) is 9.07. The Bertz CT molecular complexity index is 354. The van der Waals surface area contributed by atoms with Crippen molar-refractivity contribution < 1.29 is 9.90 Å². The molecule has 3 nitrogen and oxygen atoms in total. The zero-order valence-electron chi connectivity index (χ0n) is 7.48. The first-order valence-electron chi connectivity index (χ1n) is 4.39. The number of benzene rings is 1. The maximum Gasteiger partial charge on any atom is 0.318 e. The number of carbonyl (C=O) groups excluding carboxylic acids is 1. The van der Waals surface area contributed by atoms with E-state index in [1.807, 2.05) is 18.2 Å². The first-order valence-corrected chi connectivity index (χ1v) is 4.77. The number of hydrogen-bond acceptors (Lipinski definition) is 2. The Balaban J connectivity index is 2.30. The van der Waals surface area contributed by atoms with E-state index in [-0.39, 0.29) is 0 Å². The maximum atomic E-state index is 10.9. The summed E-state index contributed by atoms with van der Waals surface area (Å²) in [7, 11) is 0. The second-order valence-corrected chi connectivity index (χ2v) is 3.66. The van der Waals surface area contributed by atoms with Crippen LogP contribution in [0.4, 0.5) is 4.79 Å². The summed E-state index contributed by atoms with van der Waals surface area (Å²) in [4.78, 5) is 12.2. The summed E-state index contributed by atoms with van der Waals surface area (Å²) in [6.45, 7) is 0.508. The van der Waals surface area contributed by atoms with Crippen LogP contribution in [-0.2, 0) is 5.72 Å².